The van der Waals surface area contributed by atoms with Gasteiger partial charge in [0.25, 0.3) is 0 Å². The van der Waals surface area contributed by atoms with Gasteiger partial charge in [0.2, 0.25) is 0 Å². The van der Waals surface area contributed by atoms with Gasteiger partial charge < -0.3 is 9.88 Å². The highest BCUT2D eigenvalue weighted by Crippen LogP contribution is 2.43. The van der Waals surface area contributed by atoms with Crippen LogP contribution in [-0.4, -0.2) is 21.3 Å². The second kappa shape index (κ2) is 5.23. The van der Waals surface area contributed by atoms with Gasteiger partial charge in [0, 0.05) is 18.5 Å². The van der Waals surface area contributed by atoms with E-state index in [1.54, 1.807) is 0 Å². The SMILES string of the molecule is CCCC1NCCn2c1nnc2C1(CC)CCCC1. The molecule has 0 saturated heterocycles. The Kier molecular flexibility index (Phi) is 3.61. The topological polar surface area (TPSA) is 42.7 Å². The fourth-order valence-corrected chi connectivity index (χ4v) is 3.93. The molecule has 2 aliphatic rings. The van der Waals surface area contributed by atoms with Crippen molar-refractivity contribution in [2.24, 2.45) is 0 Å². The van der Waals surface area contributed by atoms with Gasteiger partial charge in [-0.25, -0.2) is 0 Å². The molecule has 106 valence electrons. The monoisotopic (exact) mass is 262 g/mol. The molecule has 1 fully saturated rings. The molecule has 19 heavy (non-hydrogen) atoms. The zero-order valence-corrected chi connectivity index (χ0v) is 12.3. The van der Waals surface area contributed by atoms with E-state index in [1.165, 1.54) is 50.2 Å². The van der Waals surface area contributed by atoms with E-state index < -0.39 is 0 Å². The van der Waals surface area contributed by atoms with Gasteiger partial charge in [-0.05, 0) is 25.7 Å². The summed E-state index contributed by atoms with van der Waals surface area (Å²) in [4.78, 5) is 0. The highest BCUT2D eigenvalue weighted by Gasteiger charge is 2.40. The smallest absolute Gasteiger partial charge is 0.150 e. The largest absolute Gasteiger partial charge is 0.312 e. The van der Waals surface area contributed by atoms with E-state index in [-0.39, 0.29) is 0 Å². The van der Waals surface area contributed by atoms with Crippen LogP contribution >= 0.6 is 0 Å². The highest BCUT2D eigenvalue weighted by atomic mass is 15.3. The maximum atomic E-state index is 4.63. The van der Waals surface area contributed by atoms with E-state index in [2.05, 4.69) is 33.9 Å². The lowest BCUT2D eigenvalue weighted by molar-refractivity contribution is 0.343. The normalized spacial score (nSPS) is 25.5. The van der Waals surface area contributed by atoms with Gasteiger partial charge in [-0.15, -0.1) is 10.2 Å². The Hall–Kier alpha value is -0.900. The number of aromatic nitrogens is 3. The predicted molar refractivity (Wildman–Crippen MR) is 76.1 cm³/mol. The van der Waals surface area contributed by atoms with Crippen LogP contribution in [0.25, 0.3) is 0 Å². The molecular weight excluding hydrogens is 236 g/mol. The molecule has 1 aliphatic carbocycles. The Labute approximate surface area is 116 Å². The van der Waals surface area contributed by atoms with Gasteiger partial charge in [0.1, 0.15) is 11.6 Å². The number of nitrogens with one attached hydrogen (secondary N) is 1. The predicted octanol–water partition coefficient (Wildman–Crippen LogP) is 2.94. The Morgan fingerprint density at radius 1 is 1.26 bits per heavy atom. The zero-order valence-electron chi connectivity index (χ0n) is 12.3. The number of fused-ring (bicyclic) bond motifs is 1. The van der Waals surface area contributed by atoms with Gasteiger partial charge in [-0.2, -0.15) is 0 Å². The van der Waals surface area contributed by atoms with Gasteiger partial charge in [-0.3, -0.25) is 0 Å². The second-order valence-electron chi connectivity index (χ2n) is 6.17. The third-order valence-electron chi connectivity index (χ3n) is 5.11. The van der Waals surface area contributed by atoms with Crippen LogP contribution < -0.4 is 5.32 Å². The molecule has 0 radical (unpaired) electrons. The van der Waals surface area contributed by atoms with Crippen molar-refractivity contribution < 1.29 is 0 Å². The summed E-state index contributed by atoms with van der Waals surface area (Å²) in [6.45, 7) is 6.65. The average Bonchev–Trinajstić information content (AvgIpc) is 3.06. The molecule has 1 saturated carbocycles. The Bertz CT molecular complexity index is 431. The minimum absolute atomic E-state index is 0.319. The lowest BCUT2D eigenvalue weighted by Crippen LogP contribution is -2.36. The average molecular weight is 262 g/mol. The Morgan fingerprint density at radius 2 is 2.05 bits per heavy atom. The lowest BCUT2D eigenvalue weighted by Gasteiger charge is -2.30. The molecule has 0 bridgehead atoms. The van der Waals surface area contributed by atoms with Crippen molar-refractivity contribution in [1.82, 2.24) is 20.1 Å². The highest BCUT2D eigenvalue weighted by molar-refractivity contribution is 5.15. The van der Waals surface area contributed by atoms with Crippen molar-refractivity contribution in [3.8, 4) is 0 Å². The first-order valence-electron chi connectivity index (χ1n) is 7.97. The Balaban J connectivity index is 1.96. The first-order chi connectivity index (χ1) is 9.30. The molecule has 3 rings (SSSR count). The minimum atomic E-state index is 0.319. The molecule has 4 heteroatoms. The van der Waals surface area contributed by atoms with E-state index in [9.17, 15) is 0 Å². The van der Waals surface area contributed by atoms with E-state index in [4.69, 9.17) is 0 Å². The molecule has 1 aliphatic heterocycles. The second-order valence-corrected chi connectivity index (χ2v) is 6.17. The Morgan fingerprint density at radius 3 is 2.74 bits per heavy atom. The van der Waals surface area contributed by atoms with Crippen molar-refractivity contribution >= 4 is 0 Å². The third kappa shape index (κ3) is 2.10. The van der Waals surface area contributed by atoms with E-state index in [0.717, 1.165) is 19.5 Å². The molecular formula is C15H26N4. The van der Waals surface area contributed by atoms with Crippen molar-refractivity contribution in [2.45, 2.75) is 76.8 Å². The fourth-order valence-electron chi connectivity index (χ4n) is 3.93. The van der Waals surface area contributed by atoms with E-state index in [0.29, 0.717) is 11.5 Å². The van der Waals surface area contributed by atoms with Gasteiger partial charge in [0.15, 0.2) is 0 Å². The van der Waals surface area contributed by atoms with Crippen LogP contribution in [0.15, 0.2) is 0 Å². The van der Waals surface area contributed by atoms with Crippen LogP contribution in [0.1, 0.15) is 76.5 Å². The molecule has 1 aromatic rings. The maximum absolute atomic E-state index is 4.63. The molecule has 1 N–H and O–H groups in total. The van der Waals surface area contributed by atoms with Crippen LogP contribution in [0.4, 0.5) is 0 Å². The number of rotatable bonds is 4. The summed E-state index contributed by atoms with van der Waals surface area (Å²) in [5, 5.41) is 12.8. The van der Waals surface area contributed by atoms with Crippen LogP contribution in [0, 0.1) is 0 Å². The summed E-state index contributed by atoms with van der Waals surface area (Å²) in [6.07, 6.45) is 8.87. The van der Waals surface area contributed by atoms with Crippen LogP contribution in [0.2, 0.25) is 0 Å². The van der Waals surface area contributed by atoms with E-state index in [1.807, 2.05) is 0 Å². The van der Waals surface area contributed by atoms with Gasteiger partial charge in [-0.1, -0.05) is 33.1 Å². The first kappa shape index (κ1) is 13.1. The van der Waals surface area contributed by atoms with Crippen LogP contribution in [0.3, 0.4) is 0 Å². The summed E-state index contributed by atoms with van der Waals surface area (Å²) in [7, 11) is 0. The molecule has 4 nitrogen and oxygen atoms in total. The van der Waals surface area contributed by atoms with Crippen molar-refractivity contribution in [2.75, 3.05) is 6.54 Å². The standard InChI is InChI=1S/C15H26N4/c1-3-7-12-13-17-18-14(19(13)11-10-16-12)15(4-2)8-5-6-9-15/h12,16H,3-11H2,1-2H3. The summed E-state index contributed by atoms with van der Waals surface area (Å²) in [5.74, 6) is 2.47. The minimum Gasteiger partial charge on any atom is -0.312 e. The molecule has 1 unspecified atom stereocenters. The zero-order chi connectivity index (χ0) is 13.3. The summed E-state index contributed by atoms with van der Waals surface area (Å²) >= 11 is 0. The molecule has 0 amide bonds. The molecule has 0 spiro atoms. The van der Waals surface area contributed by atoms with Crippen molar-refractivity contribution in [1.29, 1.82) is 0 Å². The van der Waals surface area contributed by atoms with Crippen molar-refractivity contribution in [3.63, 3.8) is 0 Å². The summed E-state index contributed by atoms with van der Waals surface area (Å²) < 4.78 is 2.44. The number of hydrogen-bond acceptors (Lipinski definition) is 3. The molecule has 2 heterocycles. The van der Waals surface area contributed by atoms with Crippen LogP contribution in [0.5, 0.6) is 0 Å². The first-order valence-corrected chi connectivity index (χ1v) is 7.97. The van der Waals surface area contributed by atoms with Crippen molar-refractivity contribution in [3.05, 3.63) is 11.6 Å². The third-order valence-corrected chi connectivity index (χ3v) is 5.11. The quantitative estimate of drug-likeness (QED) is 0.907. The summed E-state index contributed by atoms with van der Waals surface area (Å²) in [6, 6.07) is 0.412. The molecule has 0 aromatic carbocycles. The molecule has 1 aromatic heterocycles. The van der Waals surface area contributed by atoms with Gasteiger partial charge >= 0.3 is 0 Å². The number of hydrogen-bond donors (Lipinski definition) is 1. The van der Waals surface area contributed by atoms with Crippen LogP contribution in [-0.2, 0) is 12.0 Å². The number of nitrogens with zero attached hydrogens (tertiary/aromatic N) is 3. The summed E-state index contributed by atoms with van der Waals surface area (Å²) in [5.41, 5.74) is 0.319. The van der Waals surface area contributed by atoms with Gasteiger partial charge in [0.05, 0.1) is 6.04 Å². The maximum Gasteiger partial charge on any atom is 0.150 e. The fraction of sp³-hybridized carbons (Fsp3) is 0.867. The lowest BCUT2D eigenvalue weighted by atomic mass is 9.82. The molecule has 1 atom stereocenters. The van der Waals surface area contributed by atoms with E-state index >= 15 is 0 Å².